The van der Waals surface area contributed by atoms with Crippen molar-refractivity contribution < 1.29 is 14.3 Å². The van der Waals surface area contributed by atoms with Crippen LogP contribution in [-0.2, 0) is 0 Å². The highest BCUT2D eigenvalue weighted by Gasteiger charge is 2.15. The van der Waals surface area contributed by atoms with Crippen LogP contribution in [0.3, 0.4) is 0 Å². The first-order valence-electron chi connectivity index (χ1n) is 5.16. The van der Waals surface area contributed by atoms with Crippen molar-refractivity contribution in [2.45, 2.75) is 0 Å². The molecule has 18 heavy (non-hydrogen) atoms. The Balaban J connectivity index is 2.33. The second-order valence-electron chi connectivity index (χ2n) is 3.53. The summed E-state index contributed by atoms with van der Waals surface area (Å²) in [4.78, 5) is 12.9. The molecule has 0 saturated carbocycles. The predicted molar refractivity (Wildman–Crippen MR) is 75.0 cm³/mol. The van der Waals surface area contributed by atoms with E-state index in [0.717, 1.165) is 4.47 Å². The van der Waals surface area contributed by atoms with Crippen molar-refractivity contribution in [2.75, 3.05) is 14.2 Å². The molecule has 0 aliphatic carbocycles. The highest BCUT2D eigenvalue weighted by Crippen LogP contribution is 2.28. The van der Waals surface area contributed by atoms with E-state index >= 15 is 0 Å². The van der Waals surface area contributed by atoms with E-state index in [9.17, 15) is 4.79 Å². The number of rotatable bonds is 4. The van der Waals surface area contributed by atoms with Gasteiger partial charge in [-0.2, -0.15) is 0 Å². The smallest absolute Gasteiger partial charge is 0.204 e. The number of carbonyl (C=O) groups excluding carboxylic acids is 1. The van der Waals surface area contributed by atoms with E-state index < -0.39 is 0 Å². The van der Waals surface area contributed by atoms with Gasteiger partial charge in [0, 0.05) is 21.5 Å². The summed E-state index contributed by atoms with van der Waals surface area (Å²) in [5, 5.41) is 1.81. The van der Waals surface area contributed by atoms with Gasteiger partial charge in [0.2, 0.25) is 5.78 Å². The van der Waals surface area contributed by atoms with E-state index in [1.165, 1.54) is 11.3 Å². The van der Waals surface area contributed by atoms with E-state index in [4.69, 9.17) is 9.47 Å². The summed E-state index contributed by atoms with van der Waals surface area (Å²) >= 11 is 4.75. The lowest BCUT2D eigenvalue weighted by Gasteiger charge is -2.04. The third-order valence-electron chi connectivity index (χ3n) is 2.46. The summed E-state index contributed by atoms with van der Waals surface area (Å²) in [5.41, 5.74) is 0.611. The number of thiophene rings is 1. The number of hydrogen-bond donors (Lipinski definition) is 0. The van der Waals surface area contributed by atoms with Gasteiger partial charge in [0.05, 0.1) is 19.1 Å². The van der Waals surface area contributed by atoms with Crippen LogP contribution in [0.1, 0.15) is 15.2 Å². The molecular formula is C13H11BrO3S. The van der Waals surface area contributed by atoms with E-state index in [-0.39, 0.29) is 5.78 Å². The molecule has 0 N–H and O–H groups in total. The third-order valence-corrected chi connectivity index (χ3v) is 4.02. The summed E-state index contributed by atoms with van der Waals surface area (Å²) < 4.78 is 10.9. The minimum atomic E-state index is -0.0298. The van der Waals surface area contributed by atoms with Crippen molar-refractivity contribution in [3.05, 3.63) is 44.6 Å². The molecular weight excluding hydrogens is 316 g/mol. The molecule has 0 atom stereocenters. The fourth-order valence-electron chi connectivity index (χ4n) is 1.48. The highest BCUT2D eigenvalue weighted by atomic mass is 79.9. The van der Waals surface area contributed by atoms with Crippen LogP contribution in [0, 0.1) is 0 Å². The number of methoxy groups -OCH3 is 2. The molecule has 94 valence electrons. The van der Waals surface area contributed by atoms with Gasteiger partial charge in [-0.05, 0) is 34.1 Å². The molecule has 3 nitrogen and oxygen atoms in total. The van der Waals surface area contributed by atoms with Crippen LogP contribution in [0.15, 0.2) is 34.1 Å². The predicted octanol–water partition coefficient (Wildman–Crippen LogP) is 3.76. The Labute approximate surface area is 117 Å². The summed E-state index contributed by atoms with van der Waals surface area (Å²) in [6.45, 7) is 0. The van der Waals surface area contributed by atoms with Crippen molar-refractivity contribution >= 4 is 33.0 Å². The van der Waals surface area contributed by atoms with E-state index in [2.05, 4.69) is 15.9 Å². The van der Waals surface area contributed by atoms with Crippen LogP contribution in [0.4, 0.5) is 0 Å². The molecule has 0 fully saturated rings. The highest BCUT2D eigenvalue weighted by molar-refractivity contribution is 9.10. The van der Waals surface area contributed by atoms with Gasteiger partial charge >= 0.3 is 0 Å². The lowest BCUT2D eigenvalue weighted by Crippen LogP contribution is -2.00. The first-order valence-corrected chi connectivity index (χ1v) is 6.83. The van der Waals surface area contributed by atoms with Crippen molar-refractivity contribution in [2.24, 2.45) is 0 Å². The summed E-state index contributed by atoms with van der Waals surface area (Å²) in [6, 6.07) is 7.03. The molecule has 1 heterocycles. The molecule has 5 heteroatoms. The Kier molecular flexibility index (Phi) is 4.04. The molecule has 0 saturated heterocycles. The van der Waals surface area contributed by atoms with Gasteiger partial charge in [-0.3, -0.25) is 4.79 Å². The average Bonchev–Trinajstić information content (AvgIpc) is 2.86. The average molecular weight is 327 g/mol. The van der Waals surface area contributed by atoms with Crippen LogP contribution in [0.2, 0.25) is 0 Å². The fourth-order valence-corrected chi connectivity index (χ4v) is 2.83. The van der Waals surface area contributed by atoms with Crippen molar-refractivity contribution in [3.63, 3.8) is 0 Å². The molecule has 0 radical (unpaired) electrons. The molecule has 1 aromatic carbocycles. The second kappa shape index (κ2) is 5.54. The van der Waals surface area contributed by atoms with Gasteiger partial charge in [0.1, 0.15) is 11.5 Å². The Morgan fingerprint density at radius 2 is 1.89 bits per heavy atom. The van der Waals surface area contributed by atoms with Crippen LogP contribution >= 0.6 is 27.3 Å². The summed E-state index contributed by atoms with van der Waals surface area (Å²) in [5.74, 6) is 1.38. The number of halogens is 1. The summed E-state index contributed by atoms with van der Waals surface area (Å²) in [7, 11) is 3.17. The first-order chi connectivity index (χ1) is 8.65. The second-order valence-corrected chi connectivity index (χ2v) is 5.29. The SMILES string of the molecule is COc1csc(C(=O)c2ccc(OC)cc2Br)c1. The minimum absolute atomic E-state index is 0.0298. The molecule has 0 spiro atoms. The molecule has 2 aromatic rings. The molecule has 0 unspecified atom stereocenters. The minimum Gasteiger partial charge on any atom is -0.497 e. The zero-order valence-corrected chi connectivity index (χ0v) is 12.3. The van der Waals surface area contributed by atoms with E-state index in [1.54, 1.807) is 38.5 Å². The van der Waals surface area contributed by atoms with Crippen molar-refractivity contribution in [3.8, 4) is 11.5 Å². The van der Waals surface area contributed by atoms with Crippen LogP contribution in [0.5, 0.6) is 11.5 Å². The van der Waals surface area contributed by atoms with Gasteiger partial charge < -0.3 is 9.47 Å². The zero-order valence-electron chi connectivity index (χ0n) is 9.90. The van der Waals surface area contributed by atoms with Crippen molar-refractivity contribution in [1.29, 1.82) is 0 Å². The lowest BCUT2D eigenvalue weighted by molar-refractivity contribution is 0.104. The lowest BCUT2D eigenvalue weighted by atomic mass is 10.1. The van der Waals surface area contributed by atoms with Crippen LogP contribution < -0.4 is 9.47 Å². The molecule has 2 rings (SSSR count). The van der Waals surface area contributed by atoms with Gasteiger partial charge in [0.25, 0.3) is 0 Å². The molecule has 0 amide bonds. The van der Waals surface area contributed by atoms with E-state index in [0.29, 0.717) is 21.9 Å². The van der Waals surface area contributed by atoms with Gasteiger partial charge in [0.15, 0.2) is 0 Å². The van der Waals surface area contributed by atoms with Crippen molar-refractivity contribution in [1.82, 2.24) is 0 Å². The number of benzene rings is 1. The Morgan fingerprint density at radius 1 is 1.17 bits per heavy atom. The number of carbonyl (C=O) groups is 1. The molecule has 0 aliphatic heterocycles. The fraction of sp³-hybridized carbons (Fsp3) is 0.154. The van der Waals surface area contributed by atoms with Gasteiger partial charge in [-0.1, -0.05) is 0 Å². The first kappa shape index (κ1) is 13.1. The third kappa shape index (κ3) is 2.57. The largest absolute Gasteiger partial charge is 0.497 e. The van der Waals surface area contributed by atoms with Crippen LogP contribution in [-0.4, -0.2) is 20.0 Å². The monoisotopic (exact) mass is 326 g/mol. The quantitative estimate of drug-likeness (QED) is 0.802. The summed E-state index contributed by atoms with van der Waals surface area (Å²) in [6.07, 6.45) is 0. The zero-order chi connectivity index (χ0) is 13.1. The maximum atomic E-state index is 12.3. The number of ketones is 1. The molecule has 0 bridgehead atoms. The molecule has 1 aromatic heterocycles. The molecule has 0 aliphatic rings. The van der Waals surface area contributed by atoms with E-state index in [1.807, 2.05) is 5.38 Å². The Morgan fingerprint density at radius 3 is 2.44 bits per heavy atom. The standard InChI is InChI=1S/C13H11BrO3S/c1-16-8-3-4-10(11(14)5-8)13(15)12-6-9(17-2)7-18-12/h3-7H,1-2H3. The maximum absolute atomic E-state index is 12.3. The normalized spacial score (nSPS) is 10.2. The Hall–Kier alpha value is -1.33. The Bertz CT molecular complexity index is 577. The number of hydrogen-bond acceptors (Lipinski definition) is 4. The van der Waals surface area contributed by atoms with Crippen LogP contribution in [0.25, 0.3) is 0 Å². The van der Waals surface area contributed by atoms with Gasteiger partial charge in [-0.25, -0.2) is 0 Å². The topological polar surface area (TPSA) is 35.5 Å². The number of ether oxygens (including phenoxy) is 2. The van der Waals surface area contributed by atoms with Gasteiger partial charge in [-0.15, -0.1) is 11.3 Å². The maximum Gasteiger partial charge on any atom is 0.204 e.